The molecule has 0 fully saturated rings. The summed E-state index contributed by atoms with van der Waals surface area (Å²) in [6.45, 7) is 1.95. The van der Waals surface area contributed by atoms with Gasteiger partial charge in [-0.2, -0.15) is 10.1 Å². The van der Waals surface area contributed by atoms with Crippen LogP contribution in [-0.4, -0.2) is 31.6 Å². The first kappa shape index (κ1) is 23.3. The molecule has 2 aromatic carbocycles. The van der Waals surface area contributed by atoms with Crippen molar-refractivity contribution in [3.63, 3.8) is 0 Å². The Morgan fingerprint density at radius 3 is 2.52 bits per heavy atom. The fourth-order valence-corrected chi connectivity index (χ4v) is 6.19. The van der Waals surface area contributed by atoms with E-state index >= 15 is 0 Å². The fraction of sp³-hybridized carbons (Fsp3) is 0.174. The van der Waals surface area contributed by atoms with Crippen LogP contribution in [0.3, 0.4) is 0 Å². The van der Waals surface area contributed by atoms with Crippen LogP contribution in [-0.2, 0) is 25.8 Å². The Kier molecular flexibility index (Phi) is 6.47. The molecule has 6 nitrogen and oxygen atoms in total. The maximum atomic E-state index is 14.8. The molecule has 1 aliphatic rings. The number of benzene rings is 2. The van der Waals surface area contributed by atoms with E-state index in [0.29, 0.717) is 15.6 Å². The summed E-state index contributed by atoms with van der Waals surface area (Å²) in [6, 6.07) is 14.3. The highest BCUT2D eigenvalue weighted by molar-refractivity contribution is 7.94. The zero-order chi connectivity index (χ0) is 23.8. The number of ketones is 1. The van der Waals surface area contributed by atoms with Crippen molar-refractivity contribution in [1.29, 1.82) is 0 Å². The number of hydrogen-bond acceptors (Lipinski definition) is 6. The van der Waals surface area contributed by atoms with Gasteiger partial charge in [0.15, 0.2) is 15.6 Å². The highest BCUT2D eigenvalue weighted by Crippen LogP contribution is 2.28. The van der Waals surface area contributed by atoms with Crippen LogP contribution in [0.25, 0.3) is 0 Å². The molecule has 0 saturated carbocycles. The van der Waals surface area contributed by atoms with E-state index in [1.807, 2.05) is 31.2 Å². The van der Waals surface area contributed by atoms with Crippen molar-refractivity contribution in [2.24, 2.45) is 5.10 Å². The van der Waals surface area contributed by atoms with Crippen molar-refractivity contribution in [1.82, 2.24) is 0 Å². The van der Waals surface area contributed by atoms with Crippen molar-refractivity contribution in [2.75, 3.05) is 10.8 Å². The largest absolute Gasteiger partial charge is 0.298 e. The molecule has 33 heavy (non-hydrogen) atoms. The summed E-state index contributed by atoms with van der Waals surface area (Å²) in [5.41, 5.74) is 2.67. The van der Waals surface area contributed by atoms with Gasteiger partial charge in [-0.3, -0.25) is 9.59 Å². The van der Waals surface area contributed by atoms with Crippen LogP contribution in [0.5, 0.6) is 0 Å². The van der Waals surface area contributed by atoms with E-state index in [2.05, 4.69) is 5.10 Å². The van der Waals surface area contributed by atoms with Gasteiger partial charge in [-0.1, -0.05) is 47.5 Å². The molecule has 3 aromatic rings. The maximum absolute atomic E-state index is 14.8. The molecule has 1 amide bonds. The number of nitrogens with zero attached hydrogens (tertiary/aromatic N) is 2. The SMILES string of the molecule is Cc1ccc(C2=NN(c3ccc(CC(=O)CS(=O)(=O)c4ccc(Cl)s4)cc3F)C(=O)C2)cc1. The van der Waals surface area contributed by atoms with E-state index in [1.54, 1.807) is 0 Å². The molecule has 0 bridgehead atoms. The first-order valence-corrected chi connectivity index (χ1v) is 12.7. The molecule has 0 saturated heterocycles. The van der Waals surface area contributed by atoms with Crippen LogP contribution in [0.15, 0.2) is 63.9 Å². The highest BCUT2D eigenvalue weighted by atomic mass is 35.5. The number of anilines is 1. The number of carbonyl (C=O) groups excluding carboxylic acids is 2. The molecule has 170 valence electrons. The van der Waals surface area contributed by atoms with Crippen LogP contribution in [0.1, 0.15) is 23.1 Å². The molecule has 0 radical (unpaired) electrons. The number of rotatable bonds is 7. The molecule has 0 spiro atoms. The minimum absolute atomic E-state index is 0.0113. The predicted molar refractivity (Wildman–Crippen MR) is 126 cm³/mol. The van der Waals surface area contributed by atoms with E-state index in [0.717, 1.165) is 33.5 Å². The Labute approximate surface area is 199 Å². The van der Waals surface area contributed by atoms with Crippen molar-refractivity contribution in [2.45, 2.75) is 24.0 Å². The molecule has 0 atom stereocenters. The van der Waals surface area contributed by atoms with Crippen LogP contribution >= 0.6 is 22.9 Å². The van der Waals surface area contributed by atoms with Crippen LogP contribution < -0.4 is 5.01 Å². The second kappa shape index (κ2) is 9.17. The summed E-state index contributed by atoms with van der Waals surface area (Å²) in [4.78, 5) is 24.8. The first-order chi connectivity index (χ1) is 15.6. The molecule has 4 rings (SSSR count). The highest BCUT2D eigenvalue weighted by Gasteiger charge is 2.28. The normalized spacial score (nSPS) is 14.0. The smallest absolute Gasteiger partial charge is 0.253 e. The van der Waals surface area contributed by atoms with E-state index in [-0.39, 0.29) is 28.6 Å². The second-order valence-electron chi connectivity index (χ2n) is 7.61. The molecule has 1 aromatic heterocycles. The van der Waals surface area contributed by atoms with Gasteiger partial charge in [-0.25, -0.2) is 12.8 Å². The third kappa shape index (κ3) is 5.21. The van der Waals surface area contributed by atoms with E-state index in [1.165, 1.54) is 24.3 Å². The Bertz CT molecular complexity index is 1380. The lowest BCUT2D eigenvalue weighted by molar-refractivity contribution is -0.117. The number of thiophene rings is 1. The van der Waals surface area contributed by atoms with Crippen LogP contribution in [0, 0.1) is 12.7 Å². The number of Topliss-reactive ketones (excluding diaryl/α,β-unsaturated/α-hetero) is 1. The lowest BCUT2D eigenvalue weighted by Gasteiger charge is -2.13. The standard InChI is InChI=1S/C23H18ClFN2O4S2/c1-14-2-5-16(6-3-14)19-12-22(29)27(26-19)20-7-4-15(11-18(20)25)10-17(28)13-33(30,31)23-9-8-21(24)32-23/h2-9,11H,10,12-13H2,1H3. The zero-order valence-electron chi connectivity index (χ0n) is 17.4. The number of amides is 1. The minimum Gasteiger partial charge on any atom is -0.298 e. The Morgan fingerprint density at radius 2 is 1.88 bits per heavy atom. The Hall–Kier alpha value is -2.88. The molecular formula is C23H18ClFN2O4S2. The Balaban J connectivity index is 1.48. The Morgan fingerprint density at radius 1 is 1.15 bits per heavy atom. The number of carbonyl (C=O) groups is 2. The summed E-state index contributed by atoms with van der Waals surface area (Å²) < 4.78 is 39.8. The van der Waals surface area contributed by atoms with Gasteiger partial charge in [-0.05, 0) is 42.3 Å². The average molecular weight is 505 g/mol. The minimum atomic E-state index is -3.81. The molecule has 0 N–H and O–H groups in total. The summed E-state index contributed by atoms with van der Waals surface area (Å²) >= 11 is 6.65. The monoisotopic (exact) mass is 504 g/mol. The molecule has 0 unspecified atom stereocenters. The van der Waals surface area contributed by atoms with E-state index in [9.17, 15) is 22.4 Å². The molecule has 0 aliphatic carbocycles. The molecule has 2 heterocycles. The second-order valence-corrected chi connectivity index (χ2v) is 11.5. The summed E-state index contributed by atoms with van der Waals surface area (Å²) in [6.07, 6.45) is -0.214. The van der Waals surface area contributed by atoms with Gasteiger partial charge in [0.1, 0.15) is 21.5 Å². The lowest BCUT2D eigenvalue weighted by atomic mass is 10.1. The first-order valence-electron chi connectivity index (χ1n) is 9.88. The topological polar surface area (TPSA) is 83.9 Å². The maximum Gasteiger partial charge on any atom is 0.253 e. The van der Waals surface area contributed by atoms with Gasteiger partial charge in [0.2, 0.25) is 0 Å². The fourth-order valence-electron chi connectivity index (χ4n) is 3.38. The van der Waals surface area contributed by atoms with Crippen molar-refractivity contribution in [3.05, 3.63) is 81.4 Å². The summed E-state index contributed by atoms with van der Waals surface area (Å²) in [7, 11) is -3.81. The van der Waals surface area contributed by atoms with Crippen LogP contribution in [0.2, 0.25) is 4.34 Å². The number of aryl methyl sites for hydroxylation is 1. The third-order valence-electron chi connectivity index (χ3n) is 5.01. The van der Waals surface area contributed by atoms with Gasteiger partial charge in [-0.15, -0.1) is 11.3 Å². The number of sulfone groups is 1. The van der Waals surface area contributed by atoms with Crippen molar-refractivity contribution >= 4 is 55.9 Å². The van der Waals surface area contributed by atoms with Gasteiger partial charge < -0.3 is 0 Å². The molecule has 1 aliphatic heterocycles. The zero-order valence-corrected chi connectivity index (χ0v) is 19.8. The molecule has 10 heteroatoms. The number of hydrogen-bond donors (Lipinski definition) is 0. The van der Waals surface area contributed by atoms with Gasteiger partial charge in [0, 0.05) is 6.42 Å². The van der Waals surface area contributed by atoms with Gasteiger partial charge >= 0.3 is 0 Å². The lowest BCUT2D eigenvalue weighted by Crippen LogP contribution is -2.21. The third-order valence-corrected chi connectivity index (χ3v) is 8.50. The van der Waals surface area contributed by atoms with Crippen molar-refractivity contribution in [3.8, 4) is 0 Å². The number of halogens is 2. The van der Waals surface area contributed by atoms with Gasteiger partial charge in [0.25, 0.3) is 5.91 Å². The van der Waals surface area contributed by atoms with Crippen LogP contribution in [0.4, 0.5) is 10.1 Å². The summed E-state index contributed by atoms with van der Waals surface area (Å²) in [5.74, 6) is -2.38. The summed E-state index contributed by atoms with van der Waals surface area (Å²) in [5, 5.41) is 5.29. The average Bonchev–Trinajstić information content (AvgIpc) is 3.35. The van der Waals surface area contributed by atoms with Crippen molar-refractivity contribution < 1.29 is 22.4 Å². The van der Waals surface area contributed by atoms with Gasteiger partial charge in [0.05, 0.1) is 16.5 Å². The molecular weight excluding hydrogens is 487 g/mol. The predicted octanol–water partition coefficient (Wildman–Crippen LogP) is 4.58. The van der Waals surface area contributed by atoms with E-state index in [4.69, 9.17) is 11.6 Å². The quantitative estimate of drug-likeness (QED) is 0.471. The van der Waals surface area contributed by atoms with E-state index < -0.39 is 27.2 Å². The number of hydrazone groups is 1.